The Balaban J connectivity index is 1.95. The molecular weight excluding hydrogens is 254 g/mol. The molecule has 1 fully saturated rings. The number of hydrogen-bond acceptors (Lipinski definition) is 3. The second-order valence-electron chi connectivity index (χ2n) is 5.09. The van der Waals surface area contributed by atoms with E-state index in [0.717, 1.165) is 37.2 Å². The third kappa shape index (κ3) is 3.12. The summed E-state index contributed by atoms with van der Waals surface area (Å²) in [5.74, 6) is 0.910. The van der Waals surface area contributed by atoms with Gasteiger partial charge in [-0.25, -0.2) is 0 Å². The van der Waals surface area contributed by atoms with Crippen molar-refractivity contribution in [2.75, 3.05) is 26.9 Å². The molecule has 1 N–H and O–H groups in total. The third-order valence-electron chi connectivity index (χ3n) is 3.76. The number of para-hydroxylation sites is 1. The van der Waals surface area contributed by atoms with Gasteiger partial charge in [-0.05, 0) is 32.3 Å². The van der Waals surface area contributed by atoms with Gasteiger partial charge in [-0.15, -0.1) is 0 Å². The Morgan fingerprint density at radius 3 is 2.75 bits per heavy atom. The predicted octanol–water partition coefficient (Wildman–Crippen LogP) is 2.27. The summed E-state index contributed by atoms with van der Waals surface area (Å²) in [4.78, 5) is 12.4. The minimum absolute atomic E-state index is 0.110. The summed E-state index contributed by atoms with van der Waals surface area (Å²) in [6, 6.07) is 7.79. The van der Waals surface area contributed by atoms with Gasteiger partial charge in [0.1, 0.15) is 5.75 Å². The summed E-state index contributed by atoms with van der Waals surface area (Å²) >= 11 is 0. The molecule has 1 aromatic rings. The normalized spacial score (nSPS) is 15.7. The van der Waals surface area contributed by atoms with Crippen LogP contribution in [0.25, 0.3) is 0 Å². The molecule has 1 amide bonds. The summed E-state index contributed by atoms with van der Waals surface area (Å²) in [7, 11) is 1.65. The molecule has 0 saturated heterocycles. The van der Waals surface area contributed by atoms with Crippen molar-refractivity contribution in [2.24, 2.45) is 0 Å². The number of hydrogen-bond donors (Lipinski definition) is 1. The molecule has 1 aromatic carbocycles. The molecule has 1 aliphatic rings. The summed E-state index contributed by atoms with van der Waals surface area (Å²) < 4.78 is 10.6. The van der Waals surface area contributed by atoms with Crippen molar-refractivity contribution in [3.05, 3.63) is 29.8 Å². The van der Waals surface area contributed by atoms with E-state index in [-0.39, 0.29) is 11.3 Å². The average Bonchev–Trinajstić information content (AvgIpc) is 3.28. The topological polar surface area (TPSA) is 47.6 Å². The number of rotatable bonds is 8. The molecule has 2 rings (SSSR count). The third-order valence-corrected chi connectivity index (χ3v) is 3.76. The molecule has 20 heavy (non-hydrogen) atoms. The monoisotopic (exact) mass is 277 g/mol. The fraction of sp³-hybridized carbons (Fsp3) is 0.562. The largest absolute Gasteiger partial charge is 0.496 e. The van der Waals surface area contributed by atoms with Crippen LogP contribution in [-0.4, -0.2) is 32.8 Å². The Morgan fingerprint density at radius 2 is 2.10 bits per heavy atom. The maximum absolute atomic E-state index is 12.4. The molecule has 0 aliphatic heterocycles. The highest BCUT2D eigenvalue weighted by molar-refractivity contribution is 5.92. The van der Waals surface area contributed by atoms with Crippen molar-refractivity contribution in [3.8, 4) is 5.75 Å². The highest BCUT2D eigenvalue weighted by atomic mass is 16.5. The van der Waals surface area contributed by atoms with Crippen molar-refractivity contribution >= 4 is 5.91 Å². The van der Waals surface area contributed by atoms with Crippen LogP contribution in [0.5, 0.6) is 5.75 Å². The molecule has 4 nitrogen and oxygen atoms in total. The van der Waals surface area contributed by atoms with Crippen molar-refractivity contribution < 1.29 is 14.3 Å². The first kappa shape index (κ1) is 14.9. The van der Waals surface area contributed by atoms with Crippen molar-refractivity contribution in [1.82, 2.24) is 5.32 Å². The van der Waals surface area contributed by atoms with Crippen LogP contribution in [0.2, 0.25) is 0 Å². The Hall–Kier alpha value is -1.55. The standard InChI is InChI=1S/C16H23NO3/c1-3-20-12-6-11-17-15(18)16(9-10-16)13-7-4-5-8-14(13)19-2/h4-5,7-8H,3,6,9-12H2,1-2H3,(H,17,18). The van der Waals surface area contributed by atoms with Crippen LogP contribution in [0.4, 0.5) is 0 Å². The average molecular weight is 277 g/mol. The van der Waals surface area contributed by atoms with Gasteiger partial charge in [0.05, 0.1) is 12.5 Å². The van der Waals surface area contributed by atoms with Gasteiger partial charge in [-0.1, -0.05) is 18.2 Å². The molecule has 0 atom stereocenters. The highest BCUT2D eigenvalue weighted by Crippen LogP contribution is 2.51. The lowest BCUT2D eigenvalue weighted by atomic mass is 9.94. The van der Waals surface area contributed by atoms with Crippen LogP contribution < -0.4 is 10.1 Å². The number of carbonyl (C=O) groups excluding carboxylic acids is 1. The van der Waals surface area contributed by atoms with Crippen LogP contribution in [0.1, 0.15) is 31.7 Å². The Bertz CT molecular complexity index is 455. The highest BCUT2D eigenvalue weighted by Gasteiger charge is 2.52. The fourth-order valence-electron chi connectivity index (χ4n) is 2.47. The summed E-state index contributed by atoms with van der Waals surface area (Å²) in [5.41, 5.74) is 0.628. The van der Waals surface area contributed by atoms with Gasteiger partial charge in [-0.2, -0.15) is 0 Å². The van der Waals surface area contributed by atoms with Gasteiger partial charge < -0.3 is 14.8 Å². The van der Waals surface area contributed by atoms with E-state index in [0.29, 0.717) is 13.2 Å². The van der Waals surface area contributed by atoms with Gasteiger partial charge >= 0.3 is 0 Å². The predicted molar refractivity (Wildman–Crippen MR) is 78.0 cm³/mol. The van der Waals surface area contributed by atoms with E-state index in [1.807, 2.05) is 31.2 Å². The van der Waals surface area contributed by atoms with Gasteiger partial charge in [0.15, 0.2) is 0 Å². The summed E-state index contributed by atoms with van der Waals surface area (Å²) in [5, 5.41) is 3.02. The molecule has 0 spiro atoms. The van der Waals surface area contributed by atoms with Gasteiger partial charge in [0.2, 0.25) is 5.91 Å². The van der Waals surface area contributed by atoms with E-state index in [1.54, 1.807) is 7.11 Å². The Morgan fingerprint density at radius 1 is 1.35 bits per heavy atom. The first-order chi connectivity index (χ1) is 9.74. The van der Waals surface area contributed by atoms with Crippen LogP contribution in [0.3, 0.4) is 0 Å². The molecule has 1 aliphatic carbocycles. The molecule has 1 saturated carbocycles. The maximum atomic E-state index is 12.4. The molecular formula is C16H23NO3. The number of nitrogens with one attached hydrogen (secondary N) is 1. The van der Waals surface area contributed by atoms with Gasteiger partial charge in [-0.3, -0.25) is 4.79 Å². The Labute approximate surface area is 120 Å². The minimum Gasteiger partial charge on any atom is -0.496 e. The number of ether oxygens (including phenoxy) is 2. The zero-order chi connectivity index (χ0) is 14.4. The quantitative estimate of drug-likeness (QED) is 0.742. The van der Waals surface area contributed by atoms with Crippen LogP contribution >= 0.6 is 0 Å². The van der Waals surface area contributed by atoms with Crippen LogP contribution in [-0.2, 0) is 14.9 Å². The molecule has 110 valence electrons. The lowest BCUT2D eigenvalue weighted by Gasteiger charge is -2.18. The molecule has 0 unspecified atom stereocenters. The van der Waals surface area contributed by atoms with E-state index < -0.39 is 0 Å². The first-order valence-electron chi connectivity index (χ1n) is 7.24. The van der Waals surface area contributed by atoms with Crippen LogP contribution in [0.15, 0.2) is 24.3 Å². The number of carbonyl (C=O) groups is 1. The van der Waals surface area contributed by atoms with E-state index in [1.165, 1.54) is 0 Å². The smallest absolute Gasteiger partial charge is 0.230 e. The van der Waals surface area contributed by atoms with Crippen molar-refractivity contribution in [3.63, 3.8) is 0 Å². The first-order valence-corrected chi connectivity index (χ1v) is 7.24. The second-order valence-corrected chi connectivity index (χ2v) is 5.09. The lowest BCUT2D eigenvalue weighted by molar-refractivity contribution is -0.123. The SMILES string of the molecule is CCOCCCNC(=O)C1(c2ccccc2OC)CC1. The van der Waals surface area contributed by atoms with E-state index in [9.17, 15) is 4.79 Å². The maximum Gasteiger partial charge on any atom is 0.230 e. The number of methoxy groups -OCH3 is 1. The summed E-state index contributed by atoms with van der Waals surface area (Å²) in [6.45, 7) is 4.05. The second kappa shape index (κ2) is 6.75. The van der Waals surface area contributed by atoms with Crippen LogP contribution in [0, 0.1) is 0 Å². The lowest BCUT2D eigenvalue weighted by Crippen LogP contribution is -2.35. The number of amides is 1. The van der Waals surface area contributed by atoms with Gasteiger partial charge in [0.25, 0.3) is 0 Å². The van der Waals surface area contributed by atoms with Crippen molar-refractivity contribution in [1.29, 1.82) is 0 Å². The van der Waals surface area contributed by atoms with E-state index in [4.69, 9.17) is 9.47 Å². The zero-order valence-electron chi connectivity index (χ0n) is 12.3. The number of benzene rings is 1. The summed E-state index contributed by atoms with van der Waals surface area (Å²) in [6.07, 6.45) is 2.64. The molecule has 0 aromatic heterocycles. The molecule has 0 bridgehead atoms. The minimum atomic E-state index is -0.377. The van der Waals surface area contributed by atoms with Crippen molar-refractivity contribution in [2.45, 2.75) is 31.6 Å². The fourth-order valence-corrected chi connectivity index (χ4v) is 2.47. The van der Waals surface area contributed by atoms with E-state index >= 15 is 0 Å². The molecule has 4 heteroatoms. The zero-order valence-corrected chi connectivity index (χ0v) is 12.3. The van der Waals surface area contributed by atoms with E-state index in [2.05, 4.69) is 5.32 Å². The molecule has 0 radical (unpaired) electrons. The Kier molecular flexibility index (Phi) is 5.01. The molecule has 0 heterocycles. The van der Waals surface area contributed by atoms with Gasteiger partial charge in [0, 0.05) is 25.3 Å².